The fourth-order valence-electron chi connectivity index (χ4n) is 2.66. The normalized spacial score (nSPS) is 10.5. The number of aromatic nitrogens is 4. The Hall–Kier alpha value is -3.87. The van der Waals surface area contributed by atoms with Gasteiger partial charge in [-0.25, -0.2) is 9.97 Å². The smallest absolute Gasteiger partial charge is 0.274 e. The quantitative estimate of drug-likeness (QED) is 0.570. The van der Waals surface area contributed by atoms with Crippen molar-refractivity contribution in [1.29, 1.82) is 0 Å². The highest BCUT2D eigenvalue weighted by atomic mass is 16.1. The number of nitrogens with one attached hydrogen (secondary N) is 2. The van der Waals surface area contributed by atoms with Crippen LogP contribution in [0.3, 0.4) is 0 Å². The second-order valence-corrected chi connectivity index (χ2v) is 5.83. The van der Waals surface area contributed by atoms with Crippen LogP contribution in [-0.2, 0) is 6.54 Å². The lowest BCUT2D eigenvalue weighted by Crippen LogP contribution is -2.15. The molecule has 0 spiro atoms. The Bertz CT molecular complexity index is 1080. The maximum Gasteiger partial charge on any atom is 0.274 e. The number of nitrogens with zero attached hydrogens (tertiary/aromatic N) is 4. The lowest BCUT2D eigenvalue weighted by molar-refractivity contribution is 0.102. The number of hydrogen-bond donors (Lipinski definition) is 2. The Morgan fingerprint density at radius 2 is 1.78 bits per heavy atom. The standard InChI is InChI=1S/C20H16N6O/c27-20(26-16-5-1-3-15-4-2-8-22-19(15)16)17-11-18(25-13-24-17)23-12-14-6-9-21-10-7-14/h1-11,13H,12H2,(H,26,27)(H,23,24,25). The number of fused-ring (bicyclic) bond motifs is 1. The van der Waals surface area contributed by atoms with Crippen LogP contribution >= 0.6 is 0 Å². The molecule has 0 bridgehead atoms. The van der Waals surface area contributed by atoms with Crippen molar-refractivity contribution >= 4 is 28.3 Å². The van der Waals surface area contributed by atoms with Crippen LogP contribution < -0.4 is 10.6 Å². The first-order valence-electron chi connectivity index (χ1n) is 8.39. The minimum Gasteiger partial charge on any atom is -0.366 e. The number of benzene rings is 1. The number of carbonyl (C=O) groups is 1. The summed E-state index contributed by atoms with van der Waals surface area (Å²) in [7, 11) is 0. The molecule has 0 radical (unpaired) electrons. The minimum atomic E-state index is -0.317. The molecule has 3 heterocycles. The van der Waals surface area contributed by atoms with E-state index in [9.17, 15) is 4.79 Å². The molecule has 0 fully saturated rings. The second kappa shape index (κ2) is 7.57. The van der Waals surface area contributed by atoms with E-state index in [0.29, 0.717) is 18.1 Å². The maximum absolute atomic E-state index is 12.6. The third-order valence-corrected chi connectivity index (χ3v) is 4.00. The third-order valence-electron chi connectivity index (χ3n) is 4.00. The monoisotopic (exact) mass is 356 g/mol. The number of hydrogen-bond acceptors (Lipinski definition) is 6. The molecule has 3 aromatic heterocycles. The van der Waals surface area contributed by atoms with E-state index in [-0.39, 0.29) is 11.6 Å². The van der Waals surface area contributed by atoms with E-state index < -0.39 is 0 Å². The molecule has 0 aliphatic carbocycles. The predicted octanol–water partition coefficient (Wildman–Crippen LogP) is 3.28. The van der Waals surface area contributed by atoms with Gasteiger partial charge in [-0.3, -0.25) is 14.8 Å². The van der Waals surface area contributed by atoms with E-state index in [4.69, 9.17) is 0 Å². The van der Waals surface area contributed by atoms with Crippen molar-refractivity contribution in [2.45, 2.75) is 6.54 Å². The Morgan fingerprint density at radius 1 is 0.926 bits per heavy atom. The summed E-state index contributed by atoms with van der Waals surface area (Å²) in [6.07, 6.45) is 6.52. The lowest BCUT2D eigenvalue weighted by Gasteiger charge is -2.09. The summed E-state index contributed by atoms with van der Waals surface area (Å²) in [6.45, 7) is 0.577. The molecule has 0 unspecified atom stereocenters. The Balaban J connectivity index is 1.50. The molecule has 27 heavy (non-hydrogen) atoms. The fraction of sp³-hybridized carbons (Fsp3) is 0.0500. The van der Waals surface area contributed by atoms with Crippen molar-refractivity contribution in [1.82, 2.24) is 19.9 Å². The average Bonchev–Trinajstić information content (AvgIpc) is 2.73. The van der Waals surface area contributed by atoms with Crippen LogP contribution in [0.2, 0.25) is 0 Å². The van der Waals surface area contributed by atoms with Crippen LogP contribution in [-0.4, -0.2) is 25.8 Å². The number of rotatable bonds is 5. The van der Waals surface area contributed by atoms with E-state index in [2.05, 4.69) is 30.6 Å². The summed E-state index contributed by atoms with van der Waals surface area (Å²) in [5, 5.41) is 7.01. The Labute approximate surface area is 155 Å². The van der Waals surface area contributed by atoms with Gasteiger partial charge in [0.2, 0.25) is 0 Å². The highest BCUT2D eigenvalue weighted by molar-refractivity contribution is 6.07. The van der Waals surface area contributed by atoms with Gasteiger partial charge in [-0.05, 0) is 29.8 Å². The first-order valence-corrected chi connectivity index (χ1v) is 8.39. The molecular weight excluding hydrogens is 340 g/mol. The van der Waals surface area contributed by atoms with Crippen molar-refractivity contribution < 1.29 is 4.79 Å². The summed E-state index contributed by atoms with van der Waals surface area (Å²) in [5.74, 6) is 0.255. The van der Waals surface area contributed by atoms with E-state index >= 15 is 0 Å². The van der Waals surface area contributed by atoms with Gasteiger partial charge < -0.3 is 10.6 Å². The van der Waals surface area contributed by atoms with Crippen LogP contribution in [0, 0.1) is 0 Å². The number of pyridine rings is 2. The molecule has 1 amide bonds. The first kappa shape index (κ1) is 16.6. The van der Waals surface area contributed by atoms with Crippen molar-refractivity contribution in [2.75, 3.05) is 10.6 Å². The zero-order chi connectivity index (χ0) is 18.5. The zero-order valence-corrected chi connectivity index (χ0v) is 14.3. The van der Waals surface area contributed by atoms with Gasteiger partial charge in [0.15, 0.2) is 0 Å². The van der Waals surface area contributed by atoms with E-state index in [0.717, 1.165) is 16.5 Å². The number of amides is 1. The van der Waals surface area contributed by atoms with E-state index in [1.807, 2.05) is 42.5 Å². The second-order valence-electron chi connectivity index (χ2n) is 5.83. The molecule has 7 heteroatoms. The van der Waals surface area contributed by atoms with Crippen LogP contribution in [0.25, 0.3) is 10.9 Å². The van der Waals surface area contributed by atoms with Crippen molar-refractivity contribution in [3.05, 3.63) is 84.7 Å². The molecule has 0 aliphatic heterocycles. The largest absolute Gasteiger partial charge is 0.366 e. The van der Waals surface area contributed by atoms with Crippen LogP contribution in [0.5, 0.6) is 0 Å². The molecule has 0 aliphatic rings. The third kappa shape index (κ3) is 3.87. The summed E-state index contributed by atoms with van der Waals surface area (Å²) < 4.78 is 0. The van der Waals surface area contributed by atoms with E-state index in [1.54, 1.807) is 24.7 Å². The zero-order valence-electron chi connectivity index (χ0n) is 14.3. The van der Waals surface area contributed by atoms with Gasteiger partial charge in [0.05, 0.1) is 11.2 Å². The molecule has 0 saturated carbocycles. The summed E-state index contributed by atoms with van der Waals surface area (Å²) in [6, 6.07) is 14.9. The van der Waals surface area contributed by atoms with Crippen LogP contribution in [0.15, 0.2) is 73.4 Å². The van der Waals surface area contributed by atoms with Crippen molar-refractivity contribution in [3.63, 3.8) is 0 Å². The molecule has 7 nitrogen and oxygen atoms in total. The van der Waals surface area contributed by atoms with Gasteiger partial charge in [0, 0.05) is 36.6 Å². The van der Waals surface area contributed by atoms with Crippen LogP contribution in [0.4, 0.5) is 11.5 Å². The molecule has 132 valence electrons. The average molecular weight is 356 g/mol. The fourth-order valence-corrected chi connectivity index (χ4v) is 2.66. The first-order chi connectivity index (χ1) is 13.3. The Kier molecular flexibility index (Phi) is 4.65. The SMILES string of the molecule is O=C(Nc1cccc2cccnc12)c1cc(NCc2ccncc2)ncn1. The topological polar surface area (TPSA) is 92.7 Å². The molecule has 0 atom stereocenters. The molecule has 4 rings (SSSR count). The van der Waals surface area contributed by atoms with Gasteiger partial charge in [-0.1, -0.05) is 18.2 Å². The van der Waals surface area contributed by atoms with E-state index in [1.165, 1.54) is 6.33 Å². The van der Waals surface area contributed by atoms with Gasteiger partial charge in [-0.2, -0.15) is 0 Å². The molecule has 4 aromatic rings. The summed E-state index contributed by atoms with van der Waals surface area (Å²) >= 11 is 0. The highest BCUT2D eigenvalue weighted by Crippen LogP contribution is 2.21. The maximum atomic E-state index is 12.6. The molecule has 0 saturated heterocycles. The summed E-state index contributed by atoms with van der Waals surface area (Å²) in [4.78, 5) is 29.2. The molecular formula is C20H16N6O. The minimum absolute atomic E-state index is 0.273. The molecule has 2 N–H and O–H groups in total. The predicted molar refractivity (Wildman–Crippen MR) is 103 cm³/mol. The van der Waals surface area contributed by atoms with Crippen molar-refractivity contribution in [3.8, 4) is 0 Å². The molecule has 1 aromatic carbocycles. The van der Waals surface area contributed by atoms with Crippen molar-refractivity contribution in [2.24, 2.45) is 0 Å². The number of carbonyl (C=O) groups excluding carboxylic acids is 1. The number of anilines is 2. The Morgan fingerprint density at radius 3 is 2.67 bits per heavy atom. The van der Waals surface area contributed by atoms with Gasteiger partial charge in [0.25, 0.3) is 5.91 Å². The van der Waals surface area contributed by atoms with Gasteiger partial charge in [0.1, 0.15) is 17.8 Å². The van der Waals surface area contributed by atoms with Crippen LogP contribution in [0.1, 0.15) is 16.1 Å². The van der Waals surface area contributed by atoms with Gasteiger partial charge >= 0.3 is 0 Å². The lowest BCUT2D eigenvalue weighted by atomic mass is 10.2. The number of para-hydroxylation sites is 1. The highest BCUT2D eigenvalue weighted by Gasteiger charge is 2.11. The van der Waals surface area contributed by atoms with Gasteiger partial charge in [-0.15, -0.1) is 0 Å². The summed E-state index contributed by atoms with van der Waals surface area (Å²) in [5.41, 5.74) is 2.72.